The molecule has 1 aromatic heterocycles. The van der Waals surface area contributed by atoms with Crippen LogP contribution in [0, 0.1) is 13.8 Å². The molecule has 0 atom stereocenters. The Bertz CT molecular complexity index is 1120. The summed E-state index contributed by atoms with van der Waals surface area (Å²) < 4.78 is 8.50. The average Bonchev–Trinajstić information content (AvgIpc) is 2.74. The number of hydrogen-bond acceptors (Lipinski definition) is 4. The standard InChI is InChI=1S/C24H27N3O3/c1-18-12-19(2)14-21(13-18)17-27-23(28)15-22(25-8-10-30-11-9-25)26(24(27)29)16-20-6-4-3-5-7-20/h3-7,12-15H,8-11,16-17H2,1-2H3. The Morgan fingerprint density at radius 3 is 2.10 bits per heavy atom. The fourth-order valence-electron chi connectivity index (χ4n) is 4.06. The second-order valence-corrected chi connectivity index (χ2v) is 7.88. The molecular weight excluding hydrogens is 378 g/mol. The molecule has 6 heteroatoms. The fourth-order valence-corrected chi connectivity index (χ4v) is 4.06. The third kappa shape index (κ3) is 4.39. The number of aryl methyl sites for hydroxylation is 2. The first-order chi connectivity index (χ1) is 14.5. The van der Waals surface area contributed by atoms with E-state index < -0.39 is 0 Å². The van der Waals surface area contributed by atoms with E-state index in [1.807, 2.05) is 56.3 Å². The van der Waals surface area contributed by atoms with Crippen LogP contribution < -0.4 is 16.1 Å². The van der Waals surface area contributed by atoms with Gasteiger partial charge in [-0.15, -0.1) is 0 Å². The molecule has 6 nitrogen and oxygen atoms in total. The Labute approximate surface area is 176 Å². The molecule has 0 unspecified atom stereocenters. The maximum absolute atomic E-state index is 13.5. The van der Waals surface area contributed by atoms with Gasteiger partial charge < -0.3 is 9.64 Å². The van der Waals surface area contributed by atoms with Gasteiger partial charge in [0, 0.05) is 19.2 Å². The zero-order valence-corrected chi connectivity index (χ0v) is 17.5. The molecule has 1 fully saturated rings. The van der Waals surface area contributed by atoms with Gasteiger partial charge >= 0.3 is 5.69 Å². The lowest BCUT2D eigenvalue weighted by Crippen LogP contribution is -2.45. The highest BCUT2D eigenvalue weighted by atomic mass is 16.5. The van der Waals surface area contributed by atoms with Gasteiger partial charge in [-0.05, 0) is 25.0 Å². The maximum atomic E-state index is 13.5. The summed E-state index contributed by atoms with van der Waals surface area (Å²) in [5, 5.41) is 0. The van der Waals surface area contributed by atoms with Gasteiger partial charge in [-0.25, -0.2) is 4.79 Å². The van der Waals surface area contributed by atoms with Crippen molar-refractivity contribution in [2.75, 3.05) is 31.2 Å². The summed E-state index contributed by atoms with van der Waals surface area (Å²) >= 11 is 0. The number of morpholine rings is 1. The molecule has 1 aliphatic heterocycles. The number of nitrogens with zero attached hydrogens (tertiary/aromatic N) is 3. The van der Waals surface area contributed by atoms with Crippen LogP contribution in [-0.4, -0.2) is 35.4 Å². The zero-order chi connectivity index (χ0) is 21.1. The quantitative estimate of drug-likeness (QED) is 0.655. The molecule has 0 radical (unpaired) electrons. The molecule has 0 spiro atoms. The maximum Gasteiger partial charge on any atom is 0.333 e. The van der Waals surface area contributed by atoms with Crippen LogP contribution in [0.25, 0.3) is 0 Å². The van der Waals surface area contributed by atoms with E-state index in [9.17, 15) is 9.59 Å². The lowest BCUT2D eigenvalue weighted by Gasteiger charge is -2.31. The predicted octanol–water partition coefficient (Wildman–Crippen LogP) is 2.56. The van der Waals surface area contributed by atoms with Crippen molar-refractivity contribution in [2.24, 2.45) is 0 Å². The lowest BCUT2D eigenvalue weighted by molar-refractivity contribution is 0.122. The molecule has 0 N–H and O–H groups in total. The summed E-state index contributed by atoms with van der Waals surface area (Å²) in [6.45, 7) is 7.22. The predicted molar refractivity (Wildman–Crippen MR) is 119 cm³/mol. The van der Waals surface area contributed by atoms with E-state index in [0.717, 1.165) is 22.3 Å². The van der Waals surface area contributed by atoms with Crippen molar-refractivity contribution in [3.05, 3.63) is 97.7 Å². The number of anilines is 1. The van der Waals surface area contributed by atoms with Gasteiger partial charge in [-0.3, -0.25) is 13.9 Å². The molecule has 0 aliphatic carbocycles. The number of rotatable bonds is 5. The van der Waals surface area contributed by atoms with Crippen molar-refractivity contribution < 1.29 is 4.74 Å². The first kappa shape index (κ1) is 20.2. The summed E-state index contributed by atoms with van der Waals surface area (Å²) in [6.07, 6.45) is 0. The van der Waals surface area contributed by atoms with Gasteiger partial charge in [0.05, 0.1) is 26.3 Å². The molecule has 0 saturated carbocycles. The number of benzene rings is 2. The average molecular weight is 405 g/mol. The van der Waals surface area contributed by atoms with Crippen molar-refractivity contribution in [2.45, 2.75) is 26.9 Å². The fraction of sp³-hybridized carbons (Fsp3) is 0.333. The van der Waals surface area contributed by atoms with Crippen LogP contribution in [0.2, 0.25) is 0 Å². The first-order valence-electron chi connectivity index (χ1n) is 10.3. The van der Waals surface area contributed by atoms with Gasteiger partial charge in [-0.1, -0.05) is 59.7 Å². The topological polar surface area (TPSA) is 56.5 Å². The molecule has 1 saturated heterocycles. The normalized spacial score (nSPS) is 14.1. The molecule has 2 aromatic carbocycles. The van der Waals surface area contributed by atoms with Crippen molar-refractivity contribution in [3.63, 3.8) is 0 Å². The molecule has 1 aliphatic rings. The molecule has 30 heavy (non-hydrogen) atoms. The van der Waals surface area contributed by atoms with Crippen molar-refractivity contribution in [1.29, 1.82) is 0 Å². The summed E-state index contributed by atoms with van der Waals surface area (Å²) in [5.74, 6) is 0.661. The Balaban J connectivity index is 1.80. The van der Waals surface area contributed by atoms with Crippen molar-refractivity contribution in [1.82, 2.24) is 9.13 Å². The summed E-state index contributed by atoms with van der Waals surface area (Å²) in [7, 11) is 0. The van der Waals surface area contributed by atoms with Gasteiger partial charge in [0.1, 0.15) is 5.82 Å². The molecule has 3 aromatic rings. The van der Waals surface area contributed by atoms with Crippen LogP contribution in [0.1, 0.15) is 22.3 Å². The minimum atomic E-state index is -0.285. The minimum absolute atomic E-state index is 0.262. The third-order valence-electron chi connectivity index (χ3n) is 5.40. The Kier molecular flexibility index (Phi) is 5.86. The van der Waals surface area contributed by atoms with E-state index in [0.29, 0.717) is 38.7 Å². The van der Waals surface area contributed by atoms with Crippen LogP contribution >= 0.6 is 0 Å². The molecular formula is C24H27N3O3. The van der Waals surface area contributed by atoms with Crippen LogP contribution in [0.4, 0.5) is 5.82 Å². The van der Waals surface area contributed by atoms with Crippen molar-refractivity contribution in [3.8, 4) is 0 Å². The molecule has 156 valence electrons. The SMILES string of the molecule is Cc1cc(C)cc(Cn2c(=O)cc(N3CCOCC3)n(Cc3ccccc3)c2=O)c1. The highest BCUT2D eigenvalue weighted by Crippen LogP contribution is 2.15. The summed E-state index contributed by atoms with van der Waals surface area (Å²) in [5.41, 5.74) is 3.65. The summed E-state index contributed by atoms with van der Waals surface area (Å²) in [6, 6.07) is 17.6. The van der Waals surface area contributed by atoms with Gasteiger partial charge in [0.25, 0.3) is 5.56 Å². The minimum Gasteiger partial charge on any atom is -0.378 e. The molecule has 2 heterocycles. The number of aromatic nitrogens is 2. The third-order valence-corrected chi connectivity index (χ3v) is 5.40. The lowest BCUT2D eigenvalue weighted by atomic mass is 10.1. The Hall–Kier alpha value is -3.12. The van der Waals surface area contributed by atoms with Gasteiger partial charge in [0.2, 0.25) is 0 Å². The van der Waals surface area contributed by atoms with Crippen LogP contribution in [-0.2, 0) is 17.8 Å². The molecule has 4 rings (SSSR count). The summed E-state index contributed by atoms with van der Waals surface area (Å²) in [4.78, 5) is 28.5. The number of hydrogen-bond donors (Lipinski definition) is 0. The Morgan fingerprint density at radius 2 is 1.43 bits per heavy atom. The monoisotopic (exact) mass is 405 g/mol. The van der Waals surface area contributed by atoms with E-state index in [1.54, 1.807) is 10.6 Å². The van der Waals surface area contributed by atoms with Crippen molar-refractivity contribution >= 4 is 5.82 Å². The highest BCUT2D eigenvalue weighted by molar-refractivity contribution is 5.40. The Morgan fingerprint density at radius 1 is 0.800 bits per heavy atom. The largest absolute Gasteiger partial charge is 0.378 e. The molecule has 0 amide bonds. The van der Waals surface area contributed by atoms with E-state index in [1.165, 1.54) is 4.57 Å². The van der Waals surface area contributed by atoms with E-state index in [2.05, 4.69) is 11.0 Å². The van der Waals surface area contributed by atoms with Gasteiger partial charge in [0.15, 0.2) is 0 Å². The highest BCUT2D eigenvalue weighted by Gasteiger charge is 2.19. The van der Waals surface area contributed by atoms with Crippen LogP contribution in [0.15, 0.2) is 64.2 Å². The van der Waals surface area contributed by atoms with Crippen LogP contribution in [0.3, 0.4) is 0 Å². The molecule has 0 bridgehead atoms. The smallest absolute Gasteiger partial charge is 0.333 e. The zero-order valence-electron chi connectivity index (χ0n) is 17.5. The second-order valence-electron chi connectivity index (χ2n) is 7.88. The van der Waals surface area contributed by atoms with Crippen LogP contribution in [0.5, 0.6) is 0 Å². The van der Waals surface area contributed by atoms with E-state index in [4.69, 9.17) is 4.74 Å². The van der Waals surface area contributed by atoms with Gasteiger partial charge in [-0.2, -0.15) is 0 Å². The van der Waals surface area contributed by atoms with E-state index >= 15 is 0 Å². The second kappa shape index (κ2) is 8.71. The van der Waals surface area contributed by atoms with E-state index in [-0.39, 0.29) is 17.8 Å². The number of ether oxygens (including phenoxy) is 1. The first-order valence-corrected chi connectivity index (χ1v) is 10.3.